The summed E-state index contributed by atoms with van der Waals surface area (Å²) in [5, 5.41) is 6.80. The second kappa shape index (κ2) is 11.9. The molecule has 1 aromatic rings. The van der Waals surface area contributed by atoms with E-state index in [2.05, 4.69) is 46.2 Å². The summed E-state index contributed by atoms with van der Waals surface area (Å²) in [6.45, 7) is 13.3. The van der Waals surface area contributed by atoms with Gasteiger partial charge < -0.3 is 14.4 Å². The molecule has 1 aliphatic carbocycles. The van der Waals surface area contributed by atoms with Crippen molar-refractivity contribution in [1.82, 2.24) is 9.88 Å². The van der Waals surface area contributed by atoms with Crippen molar-refractivity contribution in [3.63, 3.8) is 0 Å². The first-order chi connectivity index (χ1) is 19.9. The zero-order chi connectivity index (χ0) is 30.2. The highest BCUT2D eigenvalue weighted by Crippen LogP contribution is 2.34. The second-order valence-electron chi connectivity index (χ2n) is 13.6. The Bertz CT molecular complexity index is 1390. The van der Waals surface area contributed by atoms with Gasteiger partial charge in [-0.3, -0.25) is 9.79 Å². The minimum absolute atomic E-state index is 0.113. The second-order valence-corrected chi connectivity index (χ2v) is 13.6. The molecule has 0 spiro atoms. The van der Waals surface area contributed by atoms with Crippen LogP contribution in [0.25, 0.3) is 11.6 Å². The molecule has 1 saturated heterocycles. The first kappa shape index (κ1) is 30.4. The summed E-state index contributed by atoms with van der Waals surface area (Å²) in [4.78, 5) is 36.9. The van der Waals surface area contributed by atoms with Crippen molar-refractivity contribution in [2.24, 2.45) is 21.9 Å². The minimum atomic E-state index is -0.500. The van der Waals surface area contributed by atoms with Crippen molar-refractivity contribution in [3.05, 3.63) is 28.5 Å². The maximum atomic E-state index is 12.6. The predicted molar refractivity (Wildman–Crippen MR) is 163 cm³/mol. The average Bonchev–Trinajstić information content (AvgIpc) is 3.64. The lowest BCUT2D eigenvalue weighted by molar-refractivity contribution is -0.890. The summed E-state index contributed by atoms with van der Waals surface area (Å²) in [5.41, 5.74) is 1.25. The highest BCUT2D eigenvalue weighted by Gasteiger charge is 2.40. The third kappa shape index (κ3) is 6.46. The van der Waals surface area contributed by atoms with E-state index < -0.39 is 5.60 Å². The third-order valence-corrected chi connectivity index (χ3v) is 9.21. The van der Waals surface area contributed by atoms with Crippen LogP contribution in [0.4, 0.5) is 4.79 Å². The number of hydrogen-bond donors (Lipinski definition) is 0. The molecule has 9 nitrogen and oxygen atoms in total. The first-order valence-corrected chi connectivity index (χ1v) is 15.8. The smallest absolute Gasteiger partial charge is 0.410 e. The number of Topliss-reactive ketones (excluding diaryl/α,β-unsaturated/α-hetero) is 1. The number of piperidine rings is 1. The van der Waals surface area contributed by atoms with E-state index in [0.717, 1.165) is 60.4 Å². The van der Waals surface area contributed by atoms with Crippen molar-refractivity contribution < 1.29 is 23.7 Å². The summed E-state index contributed by atoms with van der Waals surface area (Å²) in [5.74, 6) is 1.31. The van der Waals surface area contributed by atoms with E-state index in [1.807, 2.05) is 27.0 Å². The number of likely N-dealkylation sites (tertiary alicyclic amines) is 1. The molecule has 5 atom stereocenters. The number of quaternary nitrogens is 1. The van der Waals surface area contributed by atoms with Crippen molar-refractivity contribution in [3.8, 4) is 5.88 Å². The van der Waals surface area contributed by atoms with Gasteiger partial charge in [0, 0.05) is 44.2 Å². The SMILES string of the molecule is CCCC1C=c2c(OC(C)C3CC(=O)C(CC)C3)nc(C3=C[N+](C)(C4CCN(C(=O)OC(C)(C)C)CC4)N=C3)cc2=N1. The molecule has 0 bridgehead atoms. The quantitative estimate of drug-likeness (QED) is 0.420. The topological polar surface area (TPSA) is 93.5 Å². The maximum absolute atomic E-state index is 12.6. The molecule has 0 aromatic carbocycles. The molecule has 0 N–H and O–H groups in total. The highest BCUT2D eigenvalue weighted by atomic mass is 16.6. The molecule has 9 heteroatoms. The molecule has 4 aliphatic rings. The molecular weight excluding hydrogens is 530 g/mol. The summed E-state index contributed by atoms with van der Waals surface area (Å²) < 4.78 is 12.6. The lowest BCUT2D eigenvalue weighted by Gasteiger charge is -2.38. The molecular formula is C33H48N5O4+. The van der Waals surface area contributed by atoms with Crippen molar-refractivity contribution in [2.45, 2.75) is 110 Å². The van der Waals surface area contributed by atoms with Crippen LogP contribution in [0.1, 0.15) is 92.2 Å². The fourth-order valence-electron chi connectivity index (χ4n) is 6.67. The van der Waals surface area contributed by atoms with Gasteiger partial charge in [-0.05, 0) is 59.1 Å². The van der Waals surface area contributed by atoms with Crippen LogP contribution in [0, 0.1) is 11.8 Å². The summed E-state index contributed by atoms with van der Waals surface area (Å²) in [7, 11) is 2.11. The van der Waals surface area contributed by atoms with Crippen LogP contribution >= 0.6 is 0 Å². The normalized spacial score (nSPS) is 28.3. The molecule has 1 saturated carbocycles. The third-order valence-electron chi connectivity index (χ3n) is 9.21. The van der Waals surface area contributed by atoms with E-state index in [9.17, 15) is 9.59 Å². The monoisotopic (exact) mass is 578 g/mol. The van der Waals surface area contributed by atoms with Gasteiger partial charge in [0.2, 0.25) is 5.88 Å². The van der Waals surface area contributed by atoms with E-state index in [-0.39, 0.29) is 36.1 Å². The number of hydrogen-bond acceptors (Lipinski definition) is 7. The average molecular weight is 579 g/mol. The number of rotatable bonds is 8. The molecule has 42 heavy (non-hydrogen) atoms. The number of carbonyl (C=O) groups is 2. The number of nitrogens with zero attached hydrogens (tertiary/aromatic N) is 5. The van der Waals surface area contributed by atoms with E-state index in [4.69, 9.17) is 24.6 Å². The zero-order valence-corrected chi connectivity index (χ0v) is 26.4. The van der Waals surface area contributed by atoms with Crippen molar-refractivity contribution in [2.75, 3.05) is 20.1 Å². The fraction of sp³-hybridized carbons (Fsp3) is 0.667. The molecule has 2 fully saturated rings. The fourth-order valence-corrected chi connectivity index (χ4v) is 6.67. The van der Waals surface area contributed by atoms with Gasteiger partial charge in [-0.15, -0.1) is 0 Å². The van der Waals surface area contributed by atoms with Crippen LogP contribution in [0.15, 0.2) is 22.4 Å². The Morgan fingerprint density at radius 1 is 1.21 bits per heavy atom. The number of allylic oxidation sites excluding steroid dienone is 1. The molecule has 5 unspecified atom stereocenters. The minimum Gasteiger partial charge on any atom is -0.474 e. The Kier molecular flexibility index (Phi) is 8.61. The van der Waals surface area contributed by atoms with Gasteiger partial charge in [-0.1, -0.05) is 25.4 Å². The number of ketones is 1. The maximum Gasteiger partial charge on any atom is 0.410 e. The Morgan fingerprint density at radius 2 is 1.95 bits per heavy atom. The number of fused-ring (bicyclic) bond motifs is 1. The lowest BCUT2D eigenvalue weighted by Crippen LogP contribution is -2.51. The number of carbonyl (C=O) groups excluding carboxylic acids is 2. The molecule has 1 aromatic heterocycles. The van der Waals surface area contributed by atoms with E-state index in [1.165, 1.54) is 0 Å². The van der Waals surface area contributed by atoms with Gasteiger partial charge in [0.15, 0.2) is 0 Å². The molecule has 4 heterocycles. The van der Waals surface area contributed by atoms with Gasteiger partial charge in [0.1, 0.15) is 29.7 Å². The number of amides is 1. The molecule has 228 valence electrons. The largest absolute Gasteiger partial charge is 0.474 e. The van der Waals surface area contributed by atoms with E-state index in [1.54, 1.807) is 4.90 Å². The van der Waals surface area contributed by atoms with Crippen LogP contribution < -0.4 is 15.3 Å². The van der Waals surface area contributed by atoms with Crippen LogP contribution in [0.3, 0.4) is 0 Å². The zero-order valence-electron chi connectivity index (χ0n) is 26.4. The standard InChI is InChI=1S/C33H48N5O4/c1-8-10-25-17-27-29(35-25)18-28(36-31(27)41-21(3)23-15-22(9-2)30(39)16-23)24-19-34-38(7,20-24)26-11-13-37(14-12-26)32(40)42-33(4,5)6/h17-23,25-26H,8-16H2,1-7H3/q+1. The van der Waals surface area contributed by atoms with Crippen LogP contribution in [-0.4, -0.2) is 76.5 Å². The number of pyridine rings is 1. The van der Waals surface area contributed by atoms with E-state index in [0.29, 0.717) is 35.8 Å². The van der Waals surface area contributed by atoms with E-state index >= 15 is 0 Å². The summed E-state index contributed by atoms with van der Waals surface area (Å²) in [6, 6.07) is 2.43. The lowest BCUT2D eigenvalue weighted by atomic mass is 9.99. The Hall–Kier alpha value is -3.07. The van der Waals surface area contributed by atoms with Gasteiger partial charge in [-0.2, -0.15) is 4.59 Å². The first-order valence-electron chi connectivity index (χ1n) is 15.8. The van der Waals surface area contributed by atoms with Crippen LogP contribution in [0.5, 0.6) is 5.88 Å². The van der Waals surface area contributed by atoms with Crippen LogP contribution in [0.2, 0.25) is 0 Å². The predicted octanol–water partition coefficient (Wildman–Crippen LogP) is 4.62. The Morgan fingerprint density at radius 3 is 2.60 bits per heavy atom. The Labute approximate surface area is 250 Å². The van der Waals surface area contributed by atoms with Crippen molar-refractivity contribution >= 4 is 29.7 Å². The summed E-state index contributed by atoms with van der Waals surface area (Å²) >= 11 is 0. The van der Waals surface area contributed by atoms with Crippen LogP contribution in [-0.2, 0) is 9.53 Å². The number of aromatic nitrogens is 1. The Balaban J connectivity index is 1.36. The molecule has 1 amide bonds. The molecule has 5 rings (SSSR count). The van der Waals surface area contributed by atoms with Gasteiger partial charge in [0.25, 0.3) is 0 Å². The molecule has 3 aliphatic heterocycles. The highest BCUT2D eigenvalue weighted by molar-refractivity contribution is 6.09. The number of ether oxygens (including phenoxy) is 2. The molecule has 0 radical (unpaired) electrons. The van der Waals surface area contributed by atoms with Gasteiger partial charge in [0.05, 0.1) is 41.1 Å². The van der Waals surface area contributed by atoms with Gasteiger partial charge >= 0.3 is 6.09 Å². The van der Waals surface area contributed by atoms with Gasteiger partial charge in [-0.25, -0.2) is 9.78 Å². The van der Waals surface area contributed by atoms with Crippen molar-refractivity contribution in [1.29, 1.82) is 0 Å². The summed E-state index contributed by atoms with van der Waals surface area (Å²) in [6.07, 6.45) is 11.9.